The summed E-state index contributed by atoms with van der Waals surface area (Å²) < 4.78 is 26.3. The largest absolute Gasteiger partial charge is 0.370 e. The summed E-state index contributed by atoms with van der Waals surface area (Å²) in [6, 6.07) is 9.34. The molecule has 0 fully saturated rings. The van der Waals surface area contributed by atoms with Crippen LogP contribution in [0.25, 0.3) is 16.9 Å². The third-order valence-corrected chi connectivity index (χ3v) is 4.98. The maximum atomic E-state index is 11.1. The minimum atomic E-state index is -3.15. The summed E-state index contributed by atoms with van der Waals surface area (Å²) in [6.07, 6.45) is 4.20. The van der Waals surface area contributed by atoms with E-state index in [1.54, 1.807) is 10.7 Å². The zero-order valence-electron chi connectivity index (χ0n) is 14.8. The summed E-state index contributed by atoms with van der Waals surface area (Å²) in [5.41, 5.74) is 2.53. The Morgan fingerprint density at radius 2 is 1.96 bits per heavy atom. The molecule has 2 N–H and O–H groups in total. The van der Waals surface area contributed by atoms with E-state index in [1.807, 2.05) is 30.3 Å². The molecule has 0 spiro atoms. The molecular formula is C17H19BClN5O2S. The van der Waals surface area contributed by atoms with E-state index in [0.717, 1.165) is 24.1 Å². The Hall–Kier alpha value is -2.10. The number of benzene rings is 1. The number of nitrogens with zero attached hydrogens (tertiary/aromatic N) is 3. The van der Waals surface area contributed by atoms with Gasteiger partial charge in [-0.3, -0.25) is 0 Å². The fraction of sp³-hybridized carbons (Fsp3) is 0.294. The lowest BCUT2D eigenvalue weighted by molar-refractivity contribution is 0.583. The molecule has 27 heavy (non-hydrogen) atoms. The Labute approximate surface area is 164 Å². The van der Waals surface area contributed by atoms with Crippen LogP contribution in [0.1, 0.15) is 12.8 Å². The number of halogens is 1. The van der Waals surface area contributed by atoms with Gasteiger partial charge < -0.3 is 5.32 Å². The molecule has 3 aromatic rings. The molecule has 0 unspecified atom stereocenters. The first-order valence-electron chi connectivity index (χ1n) is 8.43. The van der Waals surface area contributed by atoms with Crippen LogP contribution in [0.2, 0.25) is 5.02 Å². The van der Waals surface area contributed by atoms with Crippen molar-refractivity contribution in [3.8, 4) is 11.3 Å². The van der Waals surface area contributed by atoms with E-state index in [-0.39, 0.29) is 0 Å². The molecule has 0 amide bonds. The minimum absolute atomic E-state index is 0.409. The number of unbranched alkanes of at least 4 members (excludes halogenated alkanes) is 1. The van der Waals surface area contributed by atoms with Gasteiger partial charge in [0.25, 0.3) is 0 Å². The molecule has 0 aliphatic rings. The van der Waals surface area contributed by atoms with E-state index in [0.29, 0.717) is 41.3 Å². The number of aromatic nitrogens is 3. The Bertz CT molecular complexity index is 1050. The van der Waals surface area contributed by atoms with Gasteiger partial charge in [0.05, 0.1) is 11.9 Å². The Morgan fingerprint density at radius 1 is 1.22 bits per heavy atom. The Kier molecular flexibility index (Phi) is 6.03. The molecule has 2 aromatic heterocycles. The van der Waals surface area contributed by atoms with E-state index in [9.17, 15) is 8.42 Å². The topological polar surface area (TPSA) is 88.4 Å². The zero-order valence-corrected chi connectivity index (χ0v) is 16.4. The van der Waals surface area contributed by atoms with Crippen molar-refractivity contribution in [2.24, 2.45) is 0 Å². The molecule has 1 aromatic carbocycles. The second kappa shape index (κ2) is 8.29. The van der Waals surface area contributed by atoms with Gasteiger partial charge in [-0.05, 0) is 24.4 Å². The van der Waals surface area contributed by atoms with Crippen molar-refractivity contribution in [2.45, 2.75) is 12.8 Å². The molecule has 0 aliphatic carbocycles. The van der Waals surface area contributed by atoms with Gasteiger partial charge in [-0.1, -0.05) is 29.8 Å². The predicted octanol–water partition coefficient (Wildman–Crippen LogP) is 1.58. The van der Waals surface area contributed by atoms with E-state index in [4.69, 9.17) is 19.4 Å². The normalized spacial score (nSPS) is 11.8. The third kappa shape index (κ3) is 5.00. The summed E-state index contributed by atoms with van der Waals surface area (Å²) in [4.78, 5) is 4.59. The highest BCUT2D eigenvalue weighted by molar-refractivity contribution is 7.88. The molecule has 0 saturated heterocycles. The molecular weight excluding hydrogens is 385 g/mol. The maximum Gasteiger partial charge on any atom is 0.208 e. The van der Waals surface area contributed by atoms with Crippen LogP contribution in [0.3, 0.4) is 0 Å². The van der Waals surface area contributed by atoms with E-state index >= 15 is 0 Å². The van der Waals surface area contributed by atoms with E-state index in [2.05, 4.69) is 20.1 Å². The molecule has 10 heteroatoms. The first kappa shape index (κ1) is 19.7. The van der Waals surface area contributed by atoms with Crippen LogP contribution in [0.4, 0.5) is 5.82 Å². The highest BCUT2D eigenvalue weighted by Crippen LogP contribution is 2.28. The van der Waals surface area contributed by atoms with Crippen LogP contribution in [-0.4, -0.2) is 50.2 Å². The first-order valence-corrected chi connectivity index (χ1v) is 10.7. The van der Waals surface area contributed by atoms with Gasteiger partial charge in [-0.25, -0.2) is 18.1 Å². The van der Waals surface area contributed by atoms with Crippen molar-refractivity contribution < 1.29 is 8.42 Å². The summed E-state index contributed by atoms with van der Waals surface area (Å²) in [5.74, 6) is 0.739. The highest BCUT2D eigenvalue weighted by atomic mass is 35.5. The molecule has 2 heterocycles. The quantitative estimate of drug-likeness (QED) is 0.440. The highest BCUT2D eigenvalue weighted by Gasteiger charge is 2.12. The smallest absolute Gasteiger partial charge is 0.208 e. The lowest BCUT2D eigenvalue weighted by atomic mass is 10.0. The molecule has 0 atom stereocenters. The molecule has 7 nitrogen and oxygen atoms in total. The van der Waals surface area contributed by atoms with Crippen LogP contribution < -0.4 is 15.5 Å². The van der Waals surface area contributed by atoms with Crippen LogP contribution in [0.15, 0.2) is 36.5 Å². The van der Waals surface area contributed by atoms with Crippen LogP contribution in [-0.2, 0) is 10.0 Å². The number of rotatable bonds is 8. The van der Waals surface area contributed by atoms with Crippen LogP contribution >= 0.6 is 11.6 Å². The lowest BCUT2D eigenvalue weighted by Crippen LogP contribution is -2.23. The van der Waals surface area contributed by atoms with Crippen molar-refractivity contribution in [3.63, 3.8) is 0 Å². The van der Waals surface area contributed by atoms with Crippen molar-refractivity contribution in [3.05, 3.63) is 41.6 Å². The molecule has 0 saturated carbocycles. The Balaban J connectivity index is 1.77. The predicted molar refractivity (Wildman–Crippen MR) is 109 cm³/mol. The Morgan fingerprint density at radius 3 is 2.70 bits per heavy atom. The van der Waals surface area contributed by atoms with Crippen molar-refractivity contribution in [2.75, 3.05) is 24.7 Å². The van der Waals surface area contributed by atoms with E-state index < -0.39 is 10.0 Å². The molecule has 2 radical (unpaired) electrons. The number of hydrogen-bond acceptors (Lipinski definition) is 5. The summed E-state index contributed by atoms with van der Waals surface area (Å²) >= 11 is 6.30. The zero-order chi connectivity index (χ0) is 19.4. The number of sulfonamides is 1. The molecule has 3 rings (SSSR count). The summed E-state index contributed by atoms with van der Waals surface area (Å²) in [5, 5.41) is 8.18. The fourth-order valence-corrected chi connectivity index (χ4v) is 3.38. The average Bonchev–Trinajstić information content (AvgIpc) is 2.98. The minimum Gasteiger partial charge on any atom is -0.370 e. The van der Waals surface area contributed by atoms with Crippen LogP contribution in [0, 0.1) is 0 Å². The van der Waals surface area contributed by atoms with Gasteiger partial charge in [0.1, 0.15) is 13.7 Å². The number of fused-ring (bicyclic) bond motifs is 1. The first-order chi connectivity index (χ1) is 12.8. The van der Waals surface area contributed by atoms with Gasteiger partial charge in [0, 0.05) is 35.9 Å². The van der Waals surface area contributed by atoms with Gasteiger partial charge in [-0.15, -0.1) is 0 Å². The standard InChI is InChI=1S/C17H19BClN5O2S/c1-27(25,26)22-9-5-4-8-20-16-10-15(12-6-2-3-7-14(12)19)23-17-13(18)11-21-24(16)17/h2-3,6-7,10-11,20,22H,4-5,8-9H2,1H3. The monoisotopic (exact) mass is 403 g/mol. The lowest BCUT2D eigenvalue weighted by Gasteiger charge is -2.12. The van der Waals surface area contributed by atoms with E-state index in [1.165, 1.54) is 0 Å². The fourth-order valence-electron chi connectivity index (χ4n) is 2.64. The van der Waals surface area contributed by atoms with Gasteiger partial charge in [0.2, 0.25) is 10.0 Å². The molecule has 0 aliphatic heterocycles. The maximum absolute atomic E-state index is 11.1. The second-order valence-corrected chi connectivity index (χ2v) is 8.38. The second-order valence-electron chi connectivity index (χ2n) is 6.14. The summed E-state index contributed by atoms with van der Waals surface area (Å²) in [7, 11) is 2.84. The van der Waals surface area contributed by atoms with Gasteiger partial charge in [-0.2, -0.15) is 9.61 Å². The SMILES string of the molecule is [B]c1cnn2c(NCCCCNS(C)(=O)=O)cc(-c3ccccc3Cl)nc12. The number of anilines is 1. The van der Waals surface area contributed by atoms with Gasteiger partial charge in [0.15, 0.2) is 5.65 Å². The number of hydrogen-bond donors (Lipinski definition) is 2. The van der Waals surface area contributed by atoms with Crippen molar-refractivity contribution in [1.82, 2.24) is 19.3 Å². The third-order valence-electron chi connectivity index (χ3n) is 3.92. The molecule has 0 bridgehead atoms. The van der Waals surface area contributed by atoms with Crippen molar-refractivity contribution >= 4 is 46.4 Å². The average molecular weight is 404 g/mol. The molecule has 140 valence electrons. The summed E-state index contributed by atoms with van der Waals surface area (Å²) in [6.45, 7) is 1.05. The number of nitrogens with one attached hydrogen (secondary N) is 2. The van der Waals surface area contributed by atoms with Crippen molar-refractivity contribution in [1.29, 1.82) is 0 Å². The van der Waals surface area contributed by atoms with Gasteiger partial charge >= 0.3 is 0 Å². The van der Waals surface area contributed by atoms with Crippen LogP contribution in [0.5, 0.6) is 0 Å².